The van der Waals surface area contributed by atoms with Crippen molar-refractivity contribution in [2.45, 2.75) is 24.7 Å². The van der Waals surface area contributed by atoms with Crippen molar-refractivity contribution in [1.29, 1.82) is 0 Å². The highest BCUT2D eigenvalue weighted by molar-refractivity contribution is 7.91. The molecule has 1 aliphatic rings. The molecular formula is C18H20N4O6S. The van der Waals surface area contributed by atoms with Crippen LogP contribution in [0.5, 0.6) is 0 Å². The van der Waals surface area contributed by atoms with Gasteiger partial charge in [-0.05, 0) is 25.0 Å². The van der Waals surface area contributed by atoms with Crippen molar-refractivity contribution in [3.05, 3.63) is 40.7 Å². The van der Waals surface area contributed by atoms with E-state index >= 15 is 0 Å². The number of rotatable bonds is 6. The number of hydrogen-bond acceptors (Lipinski definition) is 8. The number of nitrogens with zero attached hydrogens (tertiary/aromatic N) is 4. The minimum absolute atomic E-state index is 0.0452. The standard InChI is InChI=1S/C18H20N4O6S/c1-2-29(27,28)14-5-3-12(4-6-14)15-16(22(25)26)17(20-11-19-15)21-9-7-13(8-10-21)18(23)24/h3-6,11,13H,2,7-10H2,1H3,(H,23,24). The van der Waals surface area contributed by atoms with Gasteiger partial charge in [-0.2, -0.15) is 0 Å². The molecule has 11 heteroatoms. The van der Waals surface area contributed by atoms with Gasteiger partial charge in [-0.25, -0.2) is 18.4 Å². The zero-order chi connectivity index (χ0) is 21.2. The molecule has 0 bridgehead atoms. The van der Waals surface area contributed by atoms with E-state index in [1.807, 2.05) is 0 Å². The van der Waals surface area contributed by atoms with Crippen LogP contribution in [0.2, 0.25) is 0 Å². The summed E-state index contributed by atoms with van der Waals surface area (Å²) in [6.07, 6.45) is 1.96. The lowest BCUT2D eigenvalue weighted by Gasteiger charge is -2.30. The first-order valence-electron chi connectivity index (χ1n) is 9.05. The van der Waals surface area contributed by atoms with Crippen LogP contribution in [0.25, 0.3) is 11.3 Å². The van der Waals surface area contributed by atoms with Crippen LogP contribution in [-0.4, -0.2) is 53.2 Å². The number of anilines is 1. The third-order valence-electron chi connectivity index (χ3n) is 5.00. The van der Waals surface area contributed by atoms with Gasteiger partial charge in [0.25, 0.3) is 0 Å². The Morgan fingerprint density at radius 3 is 2.38 bits per heavy atom. The molecule has 29 heavy (non-hydrogen) atoms. The molecule has 10 nitrogen and oxygen atoms in total. The molecule has 1 aliphatic heterocycles. The molecule has 2 heterocycles. The average Bonchev–Trinajstić information content (AvgIpc) is 2.73. The van der Waals surface area contributed by atoms with Crippen molar-refractivity contribution in [1.82, 2.24) is 9.97 Å². The molecule has 1 aromatic carbocycles. The predicted octanol–water partition coefficient (Wildman–Crippen LogP) is 2.15. The fraction of sp³-hybridized carbons (Fsp3) is 0.389. The summed E-state index contributed by atoms with van der Waals surface area (Å²) < 4.78 is 24.0. The number of carboxylic acids is 1. The molecule has 1 fully saturated rings. The van der Waals surface area contributed by atoms with Crippen LogP contribution < -0.4 is 4.90 Å². The average molecular weight is 420 g/mol. The van der Waals surface area contributed by atoms with E-state index in [0.717, 1.165) is 0 Å². The van der Waals surface area contributed by atoms with E-state index in [-0.39, 0.29) is 27.8 Å². The number of nitro groups is 1. The van der Waals surface area contributed by atoms with Gasteiger partial charge < -0.3 is 10.0 Å². The summed E-state index contributed by atoms with van der Waals surface area (Å²) in [5.41, 5.74) is 0.198. The third kappa shape index (κ3) is 4.19. The van der Waals surface area contributed by atoms with Crippen molar-refractivity contribution in [3.63, 3.8) is 0 Å². The smallest absolute Gasteiger partial charge is 0.337 e. The summed E-state index contributed by atoms with van der Waals surface area (Å²) in [7, 11) is -3.38. The molecule has 1 saturated heterocycles. The van der Waals surface area contributed by atoms with Crippen molar-refractivity contribution in [2.75, 3.05) is 23.7 Å². The summed E-state index contributed by atoms with van der Waals surface area (Å²) in [5, 5.41) is 20.9. The Hall–Kier alpha value is -3.08. The molecule has 0 amide bonds. The Kier molecular flexibility index (Phi) is 5.78. The second-order valence-corrected chi connectivity index (χ2v) is 8.96. The molecule has 0 radical (unpaired) electrons. The first-order chi connectivity index (χ1) is 13.7. The van der Waals surface area contributed by atoms with E-state index in [1.54, 1.807) is 4.90 Å². The number of carbonyl (C=O) groups is 1. The molecule has 0 spiro atoms. The SMILES string of the molecule is CCS(=O)(=O)c1ccc(-c2ncnc(N3CCC(C(=O)O)CC3)c2[N+](=O)[O-])cc1. The lowest BCUT2D eigenvalue weighted by atomic mass is 9.97. The summed E-state index contributed by atoms with van der Waals surface area (Å²) in [6, 6.07) is 5.77. The maximum Gasteiger partial charge on any atom is 0.337 e. The Morgan fingerprint density at radius 2 is 1.86 bits per heavy atom. The van der Waals surface area contributed by atoms with Crippen molar-refractivity contribution in [2.24, 2.45) is 5.92 Å². The van der Waals surface area contributed by atoms with Gasteiger partial charge in [0.15, 0.2) is 15.5 Å². The largest absolute Gasteiger partial charge is 0.481 e. The van der Waals surface area contributed by atoms with E-state index in [1.165, 1.54) is 37.5 Å². The fourth-order valence-corrected chi connectivity index (χ4v) is 4.19. The van der Waals surface area contributed by atoms with E-state index in [2.05, 4.69) is 9.97 Å². The minimum atomic E-state index is -3.38. The van der Waals surface area contributed by atoms with Crippen LogP contribution >= 0.6 is 0 Å². The topological polar surface area (TPSA) is 144 Å². The summed E-state index contributed by atoms with van der Waals surface area (Å²) >= 11 is 0. The number of sulfone groups is 1. The lowest BCUT2D eigenvalue weighted by Crippen LogP contribution is -2.37. The third-order valence-corrected chi connectivity index (χ3v) is 6.75. The van der Waals surface area contributed by atoms with Gasteiger partial charge in [0.1, 0.15) is 6.33 Å². The molecule has 0 atom stereocenters. The highest BCUT2D eigenvalue weighted by Gasteiger charge is 2.32. The summed E-state index contributed by atoms with van der Waals surface area (Å²) in [6.45, 7) is 2.21. The molecular weight excluding hydrogens is 400 g/mol. The van der Waals surface area contributed by atoms with Crippen LogP contribution in [0.3, 0.4) is 0 Å². The lowest BCUT2D eigenvalue weighted by molar-refractivity contribution is -0.383. The van der Waals surface area contributed by atoms with Crippen molar-refractivity contribution in [3.8, 4) is 11.3 Å². The van der Waals surface area contributed by atoms with Crippen LogP contribution in [0, 0.1) is 16.0 Å². The molecule has 0 unspecified atom stereocenters. The molecule has 3 rings (SSSR count). The monoisotopic (exact) mass is 420 g/mol. The molecule has 0 aliphatic carbocycles. The minimum Gasteiger partial charge on any atom is -0.481 e. The molecule has 2 aromatic rings. The van der Waals surface area contributed by atoms with Gasteiger partial charge in [0, 0.05) is 18.7 Å². The van der Waals surface area contributed by atoms with E-state index in [4.69, 9.17) is 5.11 Å². The van der Waals surface area contributed by atoms with Crippen LogP contribution in [0.4, 0.5) is 11.5 Å². The van der Waals surface area contributed by atoms with Crippen molar-refractivity contribution < 1.29 is 23.2 Å². The maximum absolute atomic E-state index is 12.0. The van der Waals surface area contributed by atoms with Gasteiger partial charge in [0.2, 0.25) is 5.82 Å². The second kappa shape index (κ2) is 8.11. The molecule has 0 saturated carbocycles. The van der Waals surface area contributed by atoms with Crippen molar-refractivity contribution >= 4 is 27.3 Å². The number of hydrogen-bond donors (Lipinski definition) is 1. The Labute approximate surface area is 167 Å². The van der Waals surface area contributed by atoms with Gasteiger partial charge in [-0.3, -0.25) is 14.9 Å². The van der Waals surface area contributed by atoms with Gasteiger partial charge >= 0.3 is 11.7 Å². The second-order valence-electron chi connectivity index (χ2n) is 6.68. The van der Waals surface area contributed by atoms with E-state index in [0.29, 0.717) is 31.5 Å². The normalized spacial score (nSPS) is 15.3. The zero-order valence-electron chi connectivity index (χ0n) is 15.7. The number of carboxylic acid groups (broad SMARTS) is 1. The highest BCUT2D eigenvalue weighted by Crippen LogP contribution is 2.36. The van der Waals surface area contributed by atoms with Crippen LogP contribution in [0.15, 0.2) is 35.5 Å². The molecule has 1 N–H and O–H groups in total. The maximum atomic E-state index is 12.0. The first-order valence-corrected chi connectivity index (χ1v) is 10.7. The molecule has 1 aromatic heterocycles. The number of piperidine rings is 1. The highest BCUT2D eigenvalue weighted by atomic mass is 32.2. The van der Waals surface area contributed by atoms with Crippen LogP contribution in [-0.2, 0) is 14.6 Å². The van der Waals surface area contributed by atoms with Crippen LogP contribution in [0.1, 0.15) is 19.8 Å². The molecule has 154 valence electrons. The Bertz CT molecular complexity index is 1030. The first kappa shape index (κ1) is 20.6. The van der Waals surface area contributed by atoms with Gasteiger partial charge in [-0.15, -0.1) is 0 Å². The fourth-order valence-electron chi connectivity index (χ4n) is 3.31. The number of aliphatic carboxylic acids is 1. The van der Waals surface area contributed by atoms with Gasteiger partial charge in [-0.1, -0.05) is 19.1 Å². The number of aromatic nitrogens is 2. The zero-order valence-corrected chi connectivity index (χ0v) is 16.5. The Balaban J connectivity index is 1.98. The number of benzene rings is 1. The summed E-state index contributed by atoms with van der Waals surface area (Å²) in [4.78, 5) is 32.4. The predicted molar refractivity (Wildman–Crippen MR) is 104 cm³/mol. The van der Waals surface area contributed by atoms with E-state index in [9.17, 15) is 23.3 Å². The van der Waals surface area contributed by atoms with E-state index < -0.39 is 26.6 Å². The summed E-state index contributed by atoms with van der Waals surface area (Å²) in [5.74, 6) is -1.25. The quantitative estimate of drug-likeness (QED) is 0.549. The Morgan fingerprint density at radius 1 is 1.24 bits per heavy atom. The van der Waals surface area contributed by atoms with Gasteiger partial charge in [0.05, 0.1) is 21.5 Å².